The molecular formula is C16H21N3O2. The second-order valence-corrected chi connectivity index (χ2v) is 5.33. The average Bonchev–Trinajstić information content (AvgIpc) is 3.24. The van der Waals surface area contributed by atoms with Gasteiger partial charge in [-0.2, -0.15) is 0 Å². The maximum Gasteiger partial charge on any atom is 0.162 e. The summed E-state index contributed by atoms with van der Waals surface area (Å²) in [6.07, 6.45) is 6.25. The number of hydrogen-bond acceptors (Lipinski definition) is 4. The summed E-state index contributed by atoms with van der Waals surface area (Å²) >= 11 is 0. The molecule has 112 valence electrons. The molecule has 0 bridgehead atoms. The Bertz CT molecular complexity index is 605. The van der Waals surface area contributed by atoms with Gasteiger partial charge in [-0.25, -0.2) is 4.98 Å². The van der Waals surface area contributed by atoms with Crippen molar-refractivity contribution in [2.24, 2.45) is 0 Å². The van der Waals surface area contributed by atoms with Gasteiger partial charge in [-0.3, -0.25) is 0 Å². The smallest absolute Gasteiger partial charge is 0.162 e. The van der Waals surface area contributed by atoms with Crippen molar-refractivity contribution in [2.45, 2.75) is 32.0 Å². The zero-order valence-electron chi connectivity index (χ0n) is 12.5. The Hall–Kier alpha value is -2.01. The van der Waals surface area contributed by atoms with Crippen LogP contribution in [0.3, 0.4) is 0 Å². The SMILES string of the molecule is CNCc1ccc(OC)c(OCc2cncn2C2CC2)c1. The molecule has 0 saturated heterocycles. The van der Waals surface area contributed by atoms with Gasteiger partial charge in [0.1, 0.15) is 6.61 Å². The van der Waals surface area contributed by atoms with Crippen molar-refractivity contribution in [1.29, 1.82) is 0 Å². The quantitative estimate of drug-likeness (QED) is 0.850. The monoisotopic (exact) mass is 287 g/mol. The molecule has 5 nitrogen and oxygen atoms in total. The molecule has 0 spiro atoms. The van der Waals surface area contributed by atoms with Crippen LogP contribution in [-0.4, -0.2) is 23.7 Å². The molecule has 5 heteroatoms. The highest BCUT2D eigenvalue weighted by Gasteiger charge is 2.25. The number of imidazole rings is 1. The molecule has 1 fully saturated rings. The maximum absolute atomic E-state index is 5.96. The van der Waals surface area contributed by atoms with Gasteiger partial charge in [0.15, 0.2) is 11.5 Å². The highest BCUT2D eigenvalue weighted by Crippen LogP contribution is 2.36. The Morgan fingerprint density at radius 2 is 2.19 bits per heavy atom. The van der Waals surface area contributed by atoms with Crippen molar-refractivity contribution >= 4 is 0 Å². The summed E-state index contributed by atoms with van der Waals surface area (Å²) in [5.41, 5.74) is 2.28. The fraction of sp³-hybridized carbons (Fsp3) is 0.438. The Morgan fingerprint density at radius 3 is 2.90 bits per heavy atom. The van der Waals surface area contributed by atoms with E-state index in [1.54, 1.807) is 7.11 Å². The number of ether oxygens (including phenoxy) is 2. The molecule has 1 aromatic carbocycles. The lowest BCUT2D eigenvalue weighted by atomic mass is 10.2. The van der Waals surface area contributed by atoms with Gasteiger partial charge in [-0.05, 0) is 37.6 Å². The fourth-order valence-electron chi connectivity index (χ4n) is 2.43. The third kappa shape index (κ3) is 3.19. The minimum Gasteiger partial charge on any atom is -0.493 e. The van der Waals surface area contributed by atoms with Crippen LogP contribution in [0.15, 0.2) is 30.7 Å². The third-order valence-electron chi connectivity index (χ3n) is 3.67. The molecule has 0 unspecified atom stereocenters. The van der Waals surface area contributed by atoms with E-state index in [4.69, 9.17) is 9.47 Å². The van der Waals surface area contributed by atoms with E-state index in [1.165, 1.54) is 18.4 Å². The van der Waals surface area contributed by atoms with Crippen LogP contribution in [0, 0.1) is 0 Å². The molecule has 1 aliphatic rings. The lowest BCUT2D eigenvalue weighted by Gasteiger charge is -2.13. The van der Waals surface area contributed by atoms with Gasteiger partial charge >= 0.3 is 0 Å². The van der Waals surface area contributed by atoms with Crippen LogP contribution in [0.4, 0.5) is 0 Å². The number of benzene rings is 1. The molecular weight excluding hydrogens is 266 g/mol. The van der Waals surface area contributed by atoms with E-state index in [0.29, 0.717) is 12.6 Å². The lowest BCUT2D eigenvalue weighted by molar-refractivity contribution is 0.275. The fourth-order valence-corrected chi connectivity index (χ4v) is 2.43. The molecule has 3 rings (SSSR count). The summed E-state index contributed by atoms with van der Waals surface area (Å²) in [6.45, 7) is 1.32. The standard InChI is InChI=1S/C16H21N3O2/c1-17-8-12-3-6-15(20-2)16(7-12)21-10-14-9-18-11-19(14)13-4-5-13/h3,6-7,9,11,13,17H,4-5,8,10H2,1-2H3. The highest BCUT2D eigenvalue weighted by molar-refractivity contribution is 5.43. The predicted molar refractivity (Wildman–Crippen MR) is 80.6 cm³/mol. The van der Waals surface area contributed by atoms with E-state index in [0.717, 1.165) is 23.7 Å². The van der Waals surface area contributed by atoms with Gasteiger partial charge in [0.2, 0.25) is 0 Å². The van der Waals surface area contributed by atoms with Gasteiger partial charge in [-0.1, -0.05) is 6.07 Å². The molecule has 1 saturated carbocycles. The topological polar surface area (TPSA) is 48.3 Å². The summed E-state index contributed by atoms with van der Waals surface area (Å²) in [7, 11) is 3.59. The third-order valence-corrected chi connectivity index (χ3v) is 3.67. The van der Waals surface area contributed by atoms with E-state index < -0.39 is 0 Å². The Balaban J connectivity index is 1.73. The van der Waals surface area contributed by atoms with Crippen LogP contribution in [0.1, 0.15) is 30.1 Å². The molecule has 1 heterocycles. The van der Waals surface area contributed by atoms with Crippen molar-refractivity contribution in [1.82, 2.24) is 14.9 Å². The largest absolute Gasteiger partial charge is 0.493 e. The average molecular weight is 287 g/mol. The summed E-state index contributed by atoms with van der Waals surface area (Å²) in [5, 5.41) is 3.14. The van der Waals surface area contributed by atoms with Crippen LogP contribution in [0.2, 0.25) is 0 Å². The number of nitrogens with one attached hydrogen (secondary N) is 1. The van der Waals surface area contributed by atoms with Gasteiger partial charge in [0.25, 0.3) is 0 Å². The van der Waals surface area contributed by atoms with Crippen LogP contribution in [0.25, 0.3) is 0 Å². The first-order valence-electron chi connectivity index (χ1n) is 7.27. The first-order chi connectivity index (χ1) is 10.3. The number of rotatable bonds is 7. The number of methoxy groups -OCH3 is 1. The molecule has 21 heavy (non-hydrogen) atoms. The number of aromatic nitrogens is 2. The van der Waals surface area contributed by atoms with Crippen molar-refractivity contribution in [3.05, 3.63) is 42.0 Å². The summed E-state index contributed by atoms with van der Waals surface area (Å²) < 4.78 is 13.5. The van der Waals surface area contributed by atoms with E-state index in [-0.39, 0.29) is 0 Å². The van der Waals surface area contributed by atoms with Gasteiger partial charge in [0.05, 0.1) is 25.3 Å². The predicted octanol–water partition coefficient (Wildman–Crippen LogP) is 2.53. The Kier molecular flexibility index (Phi) is 4.10. The Morgan fingerprint density at radius 1 is 1.33 bits per heavy atom. The molecule has 1 aromatic heterocycles. The van der Waals surface area contributed by atoms with E-state index >= 15 is 0 Å². The molecule has 1 N–H and O–H groups in total. The molecule has 2 aromatic rings. The van der Waals surface area contributed by atoms with E-state index in [1.807, 2.05) is 37.8 Å². The second-order valence-electron chi connectivity index (χ2n) is 5.33. The first-order valence-corrected chi connectivity index (χ1v) is 7.27. The van der Waals surface area contributed by atoms with Gasteiger partial charge in [0, 0.05) is 12.6 Å². The normalized spacial score (nSPS) is 14.2. The Labute approximate surface area is 124 Å². The zero-order valence-corrected chi connectivity index (χ0v) is 12.5. The van der Waals surface area contributed by atoms with E-state index in [9.17, 15) is 0 Å². The number of nitrogens with zero attached hydrogens (tertiary/aromatic N) is 2. The minimum atomic E-state index is 0.510. The molecule has 1 aliphatic carbocycles. The maximum atomic E-state index is 5.96. The first kappa shape index (κ1) is 13.9. The zero-order chi connectivity index (χ0) is 14.7. The second kappa shape index (κ2) is 6.18. The van der Waals surface area contributed by atoms with Crippen LogP contribution in [-0.2, 0) is 13.2 Å². The molecule has 0 radical (unpaired) electrons. The molecule has 0 amide bonds. The highest BCUT2D eigenvalue weighted by atomic mass is 16.5. The number of hydrogen-bond donors (Lipinski definition) is 1. The summed E-state index contributed by atoms with van der Waals surface area (Å²) in [6, 6.07) is 6.62. The van der Waals surface area contributed by atoms with Crippen LogP contribution in [0.5, 0.6) is 11.5 Å². The minimum absolute atomic E-state index is 0.510. The van der Waals surface area contributed by atoms with E-state index in [2.05, 4.69) is 14.9 Å². The lowest BCUT2D eigenvalue weighted by Crippen LogP contribution is -2.07. The van der Waals surface area contributed by atoms with Gasteiger partial charge in [-0.15, -0.1) is 0 Å². The van der Waals surface area contributed by atoms with Crippen molar-refractivity contribution < 1.29 is 9.47 Å². The molecule has 0 atom stereocenters. The van der Waals surface area contributed by atoms with Crippen molar-refractivity contribution in [2.75, 3.05) is 14.2 Å². The summed E-state index contributed by atoms with van der Waals surface area (Å²) in [5.74, 6) is 1.53. The van der Waals surface area contributed by atoms with Crippen molar-refractivity contribution in [3.8, 4) is 11.5 Å². The summed E-state index contributed by atoms with van der Waals surface area (Å²) in [4.78, 5) is 4.23. The van der Waals surface area contributed by atoms with Crippen molar-refractivity contribution in [3.63, 3.8) is 0 Å². The van der Waals surface area contributed by atoms with Crippen LogP contribution < -0.4 is 14.8 Å². The van der Waals surface area contributed by atoms with Crippen LogP contribution >= 0.6 is 0 Å². The molecule has 0 aliphatic heterocycles. The van der Waals surface area contributed by atoms with Gasteiger partial charge < -0.3 is 19.4 Å².